The first-order valence-electron chi connectivity index (χ1n) is 23.0. The van der Waals surface area contributed by atoms with Crippen molar-refractivity contribution in [3.63, 3.8) is 0 Å². The number of aromatic nitrogens is 4. The third-order valence-electron chi connectivity index (χ3n) is 13.1. The summed E-state index contributed by atoms with van der Waals surface area (Å²) in [5.74, 6) is 2.85. The Bertz CT molecular complexity index is 2560. The summed E-state index contributed by atoms with van der Waals surface area (Å²) in [6, 6.07) is 12.2. The summed E-state index contributed by atoms with van der Waals surface area (Å²) in [5.41, 5.74) is 6.43. The van der Waals surface area contributed by atoms with Crippen LogP contribution in [0.4, 0.5) is 9.59 Å². The van der Waals surface area contributed by atoms with Crippen LogP contribution in [0.3, 0.4) is 0 Å². The highest BCUT2D eigenvalue weighted by atomic mass is 16.5. The van der Waals surface area contributed by atoms with Gasteiger partial charge in [0.05, 0.1) is 48.7 Å². The predicted molar refractivity (Wildman–Crippen MR) is 253 cm³/mol. The normalized spacial score (nSPS) is 20.3. The Hall–Kier alpha value is -6.16. The Morgan fingerprint density at radius 3 is 2.36 bits per heavy atom. The molecule has 2 fully saturated rings. The van der Waals surface area contributed by atoms with E-state index in [9.17, 15) is 24.3 Å². The number of benzene rings is 3. The number of hydrogen-bond donors (Lipinski definition) is 5. The van der Waals surface area contributed by atoms with Crippen molar-refractivity contribution in [3.05, 3.63) is 71.8 Å². The number of aromatic amines is 2. The van der Waals surface area contributed by atoms with E-state index in [1.165, 1.54) is 13.0 Å². The average molecular weight is 906 g/mol. The standard InChI is InChI=1S/C46H56N8O8.C4H9/c1-8-24(4)39(51-45(57)58)43(55)53-20-26(21-60-6)15-36(53)41-47-19-34(49-41)28-10-12-30-29(16-28)22-62-37-18-31-27(17-32(30)37)11-13-33-40(31)50-42(48-33)35-14-9-25(5)54(35)44(56)38(23(2)3)52-46(59)61-7;1-4(2)3/h10-13,16-19,23-26,35-36,38-39,51H,8-9,14-15,20-22H2,1-7H3,(H,47,49)(H,48,50)(H,52,59)(H,57,58);1-3H3/t24-,25-,26-,35-,36-,38-,39-;/m0./s1. The lowest BCUT2D eigenvalue weighted by Crippen LogP contribution is -2.52. The molecule has 7 atom stereocenters. The van der Waals surface area contributed by atoms with Gasteiger partial charge in [0.2, 0.25) is 11.8 Å². The number of imidazole rings is 2. The molecule has 16 heteroatoms. The van der Waals surface area contributed by atoms with Crippen molar-refractivity contribution in [3.8, 4) is 28.1 Å². The van der Waals surface area contributed by atoms with E-state index in [4.69, 9.17) is 24.2 Å². The van der Waals surface area contributed by atoms with E-state index < -0.39 is 24.3 Å². The number of amides is 4. The van der Waals surface area contributed by atoms with Crippen molar-refractivity contribution >= 4 is 45.8 Å². The molecule has 0 unspecified atom stereocenters. The molecule has 5 N–H and O–H groups in total. The van der Waals surface area contributed by atoms with Crippen molar-refractivity contribution < 1.29 is 38.5 Å². The number of fused-ring (bicyclic) bond motifs is 6. The zero-order valence-corrected chi connectivity index (χ0v) is 39.8. The van der Waals surface area contributed by atoms with Gasteiger partial charge in [-0.15, -0.1) is 0 Å². The fraction of sp³-hybridized carbons (Fsp3) is 0.500. The molecule has 0 bridgehead atoms. The van der Waals surface area contributed by atoms with Crippen LogP contribution >= 0.6 is 0 Å². The van der Waals surface area contributed by atoms with Gasteiger partial charge in [0.15, 0.2) is 0 Å². The molecule has 2 aromatic heterocycles. The molecule has 353 valence electrons. The topological polar surface area (TPSA) is 204 Å². The van der Waals surface area contributed by atoms with Crippen LogP contribution in [0.5, 0.6) is 5.75 Å². The van der Waals surface area contributed by atoms with E-state index >= 15 is 0 Å². The minimum absolute atomic E-state index is 0.0336. The molecule has 8 rings (SSSR count). The van der Waals surface area contributed by atoms with Crippen LogP contribution in [0.2, 0.25) is 0 Å². The number of nitrogens with one attached hydrogen (secondary N) is 4. The summed E-state index contributed by atoms with van der Waals surface area (Å²) >= 11 is 0. The Morgan fingerprint density at radius 1 is 0.924 bits per heavy atom. The van der Waals surface area contributed by atoms with E-state index in [0.717, 1.165) is 68.3 Å². The van der Waals surface area contributed by atoms with Gasteiger partial charge in [-0.1, -0.05) is 73.1 Å². The van der Waals surface area contributed by atoms with E-state index in [1.807, 2.05) is 45.6 Å². The smallest absolute Gasteiger partial charge is 0.407 e. The van der Waals surface area contributed by atoms with Crippen LogP contribution in [0.15, 0.2) is 48.7 Å². The number of rotatable bonds is 12. The first-order valence-corrected chi connectivity index (χ1v) is 23.0. The Kier molecular flexibility index (Phi) is 14.6. The highest BCUT2D eigenvalue weighted by molar-refractivity contribution is 6.07. The number of hydrogen-bond acceptors (Lipinski definition) is 9. The number of carbonyl (C=O) groups excluding carboxylic acids is 3. The zero-order valence-electron chi connectivity index (χ0n) is 39.8. The summed E-state index contributed by atoms with van der Waals surface area (Å²) in [4.78, 5) is 72.2. The predicted octanol–water partition coefficient (Wildman–Crippen LogP) is 8.94. The summed E-state index contributed by atoms with van der Waals surface area (Å²) in [6.07, 6.45) is 2.74. The SMILES string of the molecule is CC[C@H](C)[C@H](NC(=O)O)C(=O)N1C[C@@H](COC)C[C@H]1c1ncc(-c2ccc3c(c2)COc2cc4c(ccc5nc([C@@H]6CC[C@H](C)N6C(=O)[C@@H](NC(=O)OC)C(C)C)[nH]c54)cc2-3)[nH]1.C[C](C)C. The lowest BCUT2D eigenvalue weighted by atomic mass is 9.92. The number of alkyl carbamates (subject to hydrolysis) is 1. The highest BCUT2D eigenvalue weighted by Gasteiger charge is 2.43. The molecule has 3 aliphatic rings. The summed E-state index contributed by atoms with van der Waals surface area (Å²) in [7, 11) is 2.93. The Labute approximate surface area is 386 Å². The molecule has 3 aromatic carbocycles. The van der Waals surface area contributed by atoms with Gasteiger partial charge in [0, 0.05) is 36.6 Å². The second kappa shape index (κ2) is 20.1. The van der Waals surface area contributed by atoms with Gasteiger partial charge in [-0.05, 0) is 90.3 Å². The molecule has 5 heterocycles. The van der Waals surface area contributed by atoms with Crippen LogP contribution in [-0.4, -0.2) is 104 Å². The molecular formula is C50H65N8O8. The lowest BCUT2D eigenvalue weighted by Gasteiger charge is -2.32. The van der Waals surface area contributed by atoms with Crippen LogP contribution in [0.1, 0.15) is 110 Å². The second-order valence-corrected chi connectivity index (χ2v) is 18.9. The fourth-order valence-electron chi connectivity index (χ4n) is 9.55. The minimum atomic E-state index is -1.23. The molecule has 0 spiro atoms. The molecule has 3 aliphatic heterocycles. The van der Waals surface area contributed by atoms with Crippen molar-refractivity contribution in [2.45, 2.75) is 118 Å². The second-order valence-electron chi connectivity index (χ2n) is 18.9. The third kappa shape index (κ3) is 9.84. The summed E-state index contributed by atoms with van der Waals surface area (Å²) in [5, 5.41) is 16.7. The quantitative estimate of drug-likeness (QED) is 0.0804. The van der Waals surface area contributed by atoms with Crippen LogP contribution < -0.4 is 15.4 Å². The molecular weight excluding hydrogens is 841 g/mol. The number of H-pyrrole nitrogens is 2. The fourth-order valence-corrected chi connectivity index (χ4v) is 9.55. The maximum Gasteiger partial charge on any atom is 0.407 e. The molecule has 0 aliphatic carbocycles. The molecule has 66 heavy (non-hydrogen) atoms. The number of ether oxygens (including phenoxy) is 3. The van der Waals surface area contributed by atoms with Gasteiger partial charge in [-0.25, -0.2) is 19.6 Å². The number of carboxylic acid groups (broad SMARTS) is 1. The first-order chi connectivity index (χ1) is 31.5. The van der Waals surface area contributed by atoms with E-state index in [0.29, 0.717) is 44.2 Å². The van der Waals surface area contributed by atoms with Crippen LogP contribution in [-0.2, 0) is 25.7 Å². The molecule has 1 radical (unpaired) electrons. The number of nitrogens with zero attached hydrogens (tertiary/aromatic N) is 4. The molecule has 4 amide bonds. The van der Waals surface area contributed by atoms with Crippen LogP contribution in [0, 0.1) is 23.7 Å². The van der Waals surface area contributed by atoms with Crippen molar-refractivity contribution in [1.82, 2.24) is 40.4 Å². The zero-order chi connectivity index (χ0) is 47.6. The minimum Gasteiger partial charge on any atom is -0.488 e. The summed E-state index contributed by atoms with van der Waals surface area (Å²) < 4.78 is 16.7. The number of methoxy groups -OCH3 is 2. The van der Waals surface area contributed by atoms with Crippen molar-refractivity contribution in [2.24, 2.45) is 17.8 Å². The maximum absolute atomic E-state index is 14.0. The van der Waals surface area contributed by atoms with Crippen molar-refractivity contribution in [2.75, 3.05) is 27.4 Å². The summed E-state index contributed by atoms with van der Waals surface area (Å²) in [6.45, 7) is 17.2. The van der Waals surface area contributed by atoms with Gasteiger partial charge >= 0.3 is 12.2 Å². The van der Waals surface area contributed by atoms with E-state index in [-0.39, 0.29) is 47.7 Å². The largest absolute Gasteiger partial charge is 0.488 e. The number of carbonyl (C=O) groups is 4. The van der Waals surface area contributed by atoms with Gasteiger partial charge in [-0.2, -0.15) is 0 Å². The van der Waals surface area contributed by atoms with E-state index in [1.54, 1.807) is 18.2 Å². The van der Waals surface area contributed by atoms with Crippen LogP contribution in [0.25, 0.3) is 44.2 Å². The highest BCUT2D eigenvalue weighted by Crippen LogP contribution is 2.44. The molecule has 5 aromatic rings. The van der Waals surface area contributed by atoms with Gasteiger partial charge < -0.3 is 49.7 Å². The van der Waals surface area contributed by atoms with Gasteiger partial charge in [-0.3, -0.25) is 9.59 Å². The lowest BCUT2D eigenvalue weighted by molar-refractivity contribution is -0.137. The van der Waals surface area contributed by atoms with Gasteiger partial charge in [0.25, 0.3) is 0 Å². The van der Waals surface area contributed by atoms with Crippen molar-refractivity contribution in [1.29, 1.82) is 0 Å². The third-order valence-corrected chi connectivity index (χ3v) is 13.1. The number of likely N-dealkylation sites (tertiary alicyclic amines) is 2. The van der Waals surface area contributed by atoms with Gasteiger partial charge in [0.1, 0.15) is 36.1 Å². The van der Waals surface area contributed by atoms with E-state index in [2.05, 4.69) is 77.8 Å². The molecule has 2 saturated heterocycles. The maximum atomic E-state index is 14.0. The average Bonchev–Trinajstić information content (AvgIpc) is 4.11. The first kappa shape index (κ1) is 47.8. The molecule has 16 nitrogen and oxygen atoms in total. The Balaban J connectivity index is 0.00000156. The Morgan fingerprint density at radius 2 is 1.68 bits per heavy atom. The molecule has 0 saturated carbocycles. The monoisotopic (exact) mass is 905 g/mol.